The summed E-state index contributed by atoms with van der Waals surface area (Å²) >= 11 is 6.54. The van der Waals surface area contributed by atoms with Gasteiger partial charge >= 0.3 is 6.36 Å². The van der Waals surface area contributed by atoms with Gasteiger partial charge in [0.1, 0.15) is 5.75 Å². The van der Waals surface area contributed by atoms with E-state index >= 15 is 0 Å². The lowest BCUT2D eigenvalue weighted by molar-refractivity contribution is -0.274. The summed E-state index contributed by atoms with van der Waals surface area (Å²) in [7, 11) is 0. The van der Waals surface area contributed by atoms with Crippen LogP contribution in [0.1, 0.15) is 44.7 Å². The molecular weight excluding hydrogens is 547 g/mol. The Morgan fingerprint density at radius 1 is 0.902 bits per heavy atom. The van der Waals surface area contributed by atoms with Gasteiger partial charge < -0.3 is 9.30 Å². The number of benzene rings is 3. The van der Waals surface area contributed by atoms with Crippen LogP contribution in [0.3, 0.4) is 0 Å². The Morgan fingerprint density at radius 3 is 2.27 bits per heavy atom. The van der Waals surface area contributed by atoms with Gasteiger partial charge in [-0.3, -0.25) is 9.80 Å². The van der Waals surface area contributed by atoms with Crippen LogP contribution in [0.2, 0.25) is 5.02 Å². The van der Waals surface area contributed by atoms with Gasteiger partial charge in [-0.2, -0.15) is 0 Å². The Kier molecular flexibility index (Phi) is 8.69. The molecule has 1 fully saturated rings. The highest BCUT2D eigenvalue weighted by Gasteiger charge is 2.33. The summed E-state index contributed by atoms with van der Waals surface area (Å²) in [6.07, 6.45) is -0.449. The number of hydrogen-bond acceptors (Lipinski definition) is 3. The van der Waals surface area contributed by atoms with Gasteiger partial charge in [-0.1, -0.05) is 61.3 Å². The van der Waals surface area contributed by atoms with Gasteiger partial charge in [0.25, 0.3) is 0 Å². The SMILES string of the molecule is CCCCn1cc(-c2ccc(OC(F)(F)F)cc2)c2cc(CN3CCN(C(C)(C)c4ccccc4Cl)CC3)ccc21. The summed E-state index contributed by atoms with van der Waals surface area (Å²) in [4.78, 5) is 4.99. The predicted octanol–water partition coefficient (Wildman–Crippen LogP) is 8.71. The Hall–Kier alpha value is -3.00. The molecule has 0 radical (unpaired) electrons. The minimum absolute atomic E-state index is 0.152. The molecule has 4 nitrogen and oxygen atoms in total. The number of alkyl halides is 3. The number of aryl methyl sites for hydroxylation is 1. The highest BCUT2D eigenvalue weighted by Crippen LogP contribution is 2.35. The van der Waals surface area contributed by atoms with Gasteiger partial charge in [0.05, 0.1) is 0 Å². The fourth-order valence-corrected chi connectivity index (χ4v) is 6.24. The molecule has 0 bridgehead atoms. The molecule has 2 heterocycles. The van der Waals surface area contributed by atoms with Crippen molar-refractivity contribution in [2.24, 2.45) is 0 Å². The van der Waals surface area contributed by atoms with Crippen LogP contribution >= 0.6 is 11.6 Å². The number of fused-ring (bicyclic) bond motifs is 1. The normalized spacial score (nSPS) is 15.5. The van der Waals surface area contributed by atoms with Crippen molar-refractivity contribution in [1.82, 2.24) is 14.4 Å². The largest absolute Gasteiger partial charge is 0.573 e. The van der Waals surface area contributed by atoms with E-state index in [1.807, 2.05) is 18.2 Å². The van der Waals surface area contributed by atoms with Crippen molar-refractivity contribution in [2.45, 2.75) is 58.6 Å². The maximum absolute atomic E-state index is 12.7. The lowest BCUT2D eigenvalue weighted by Gasteiger charge is -2.44. The summed E-state index contributed by atoms with van der Waals surface area (Å²) in [5.74, 6) is -0.214. The van der Waals surface area contributed by atoms with Gasteiger partial charge in [0.2, 0.25) is 0 Å². The van der Waals surface area contributed by atoms with Crippen molar-refractivity contribution in [3.05, 3.63) is 89.1 Å². The second-order valence-electron chi connectivity index (χ2n) is 11.3. The monoisotopic (exact) mass is 583 g/mol. The van der Waals surface area contributed by atoms with Gasteiger partial charge in [0, 0.05) is 72.5 Å². The minimum Gasteiger partial charge on any atom is -0.406 e. The third-order valence-electron chi connectivity index (χ3n) is 8.20. The Labute approximate surface area is 245 Å². The van der Waals surface area contributed by atoms with E-state index in [0.29, 0.717) is 0 Å². The van der Waals surface area contributed by atoms with Crippen LogP contribution in [0.25, 0.3) is 22.0 Å². The van der Waals surface area contributed by atoms with E-state index in [1.165, 1.54) is 17.7 Å². The van der Waals surface area contributed by atoms with E-state index in [0.717, 1.165) is 84.7 Å². The van der Waals surface area contributed by atoms with Crippen LogP contribution in [-0.2, 0) is 18.6 Å². The quantitative estimate of drug-likeness (QED) is 0.197. The Balaban J connectivity index is 1.34. The number of aromatic nitrogens is 1. The molecule has 0 saturated carbocycles. The highest BCUT2D eigenvalue weighted by molar-refractivity contribution is 6.31. The second kappa shape index (κ2) is 12.1. The average molecular weight is 584 g/mol. The minimum atomic E-state index is -4.71. The molecule has 1 saturated heterocycles. The summed E-state index contributed by atoms with van der Waals surface area (Å²) in [6.45, 7) is 12.2. The molecule has 41 heavy (non-hydrogen) atoms. The molecule has 0 aliphatic carbocycles. The zero-order valence-electron chi connectivity index (χ0n) is 23.8. The third kappa shape index (κ3) is 6.74. The van der Waals surface area contributed by atoms with Crippen LogP contribution < -0.4 is 4.74 Å². The summed E-state index contributed by atoms with van der Waals surface area (Å²) in [6, 6.07) is 20.9. The van der Waals surface area contributed by atoms with Crippen molar-refractivity contribution in [3.8, 4) is 16.9 Å². The summed E-state index contributed by atoms with van der Waals surface area (Å²) in [5.41, 5.74) is 5.25. The molecule has 1 aromatic heterocycles. The van der Waals surface area contributed by atoms with Crippen molar-refractivity contribution in [2.75, 3.05) is 26.2 Å². The predicted molar refractivity (Wildman–Crippen MR) is 160 cm³/mol. The van der Waals surface area contributed by atoms with E-state index in [-0.39, 0.29) is 11.3 Å². The van der Waals surface area contributed by atoms with Gasteiger partial charge in [-0.15, -0.1) is 13.2 Å². The molecular formula is C33H37ClF3N3O. The number of rotatable bonds is 9. The molecule has 4 aromatic rings. The molecule has 0 atom stereocenters. The van der Waals surface area contributed by atoms with Gasteiger partial charge in [-0.25, -0.2) is 0 Å². The maximum Gasteiger partial charge on any atom is 0.573 e. The molecule has 0 unspecified atom stereocenters. The van der Waals surface area contributed by atoms with Crippen molar-refractivity contribution in [3.63, 3.8) is 0 Å². The summed E-state index contributed by atoms with van der Waals surface area (Å²) in [5, 5.41) is 1.92. The maximum atomic E-state index is 12.7. The number of unbranched alkanes of at least 4 members (excludes halogenated alkanes) is 1. The number of halogens is 4. The van der Waals surface area contributed by atoms with Crippen LogP contribution in [-0.4, -0.2) is 46.9 Å². The van der Waals surface area contributed by atoms with E-state index in [4.69, 9.17) is 11.6 Å². The first-order valence-electron chi connectivity index (χ1n) is 14.3. The highest BCUT2D eigenvalue weighted by atomic mass is 35.5. The standard InChI is InChI=1S/C33H37ClF3N3O/c1-4-5-16-39-23-28(25-11-13-26(14-12-25)41-33(35,36)37)27-21-24(10-15-31(27)39)22-38-17-19-40(20-18-38)32(2,3)29-8-6-7-9-30(29)34/h6-15,21,23H,4-5,16-20,22H2,1-3H3. The molecule has 0 spiro atoms. The molecule has 5 rings (SSSR count). The Morgan fingerprint density at radius 2 is 1.61 bits per heavy atom. The zero-order chi connectivity index (χ0) is 29.2. The number of hydrogen-bond donors (Lipinski definition) is 0. The molecule has 0 N–H and O–H groups in total. The third-order valence-corrected chi connectivity index (χ3v) is 8.53. The van der Waals surface area contributed by atoms with E-state index in [1.54, 1.807) is 12.1 Å². The van der Waals surface area contributed by atoms with E-state index in [2.05, 4.69) is 70.3 Å². The fourth-order valence-electron chi connectivity index (χ4n) is 5.87. The first-order valence-corrected chi connectivity index (χ1v) is 14.6. The van der Waals surface area contributed by atoms with Crippen molar-refractivity contribution < 1.29 is 17.9 Å². The number of nitrogens with zero attached hydrogens (tertiary/aromatic N) is 3. The first-order chi connectivity index (χ1) is 19.5. The van der Waals surface area contributed by atoms with Crippen molar-refractivity contribution in [1.29, 1.82) is 0 Å². The Bertz CT molecular complexity index is 1470. The van der Waals surface area contributed by atoms with Crippen molar-refractivity contribution >= 4 is 22.5 Å². The summed E-state index contributed by atoms with van der Waals surface area (Å²) < 4.78 is 44.3. The van der Waals surface area contributed by atoms with Crippen LogP contribution in [0.5, 0.6) is 5.75 Å². The smallest absolute Gasteiger partial charge is 0.406 e. The van der Waals surface area contributed by atoms with Crippen LogP contribution in [0, 0.1) is 0 Å². The fraction of sp³-hybridized carbons (Fsp3) is 0.394. The van der Waals surface area contributed by atoms with Gasteiger partial charge in [-0.05, 0) is 67.3 Å². The number of ether oxygens (including phenoxy) is 1. The molecule has 218 valence electrons. The van der Waals surface area contributed by atoms with E-state index in [9.17, 15) is 13.2 Å². The topological polar surface area (TPSA) is 20.6 Å². The van der Waals surface area contributed by atoms with Gasteiger partial charge in [0.15, 0.2) is 0 Å². The van der Waals surface area contributed by atoms with Crippen LogP contribution in [0.4, 0.5) is 13.2 Å². The zero-order valence-corrected chi connectivity index (χ0v) is 24.6. The molecule has 8 heteroatoms. The second-order valence-corrected chi connectivity index (χ2v) is 11.7. The molecule has 1 aliphatic heterocycles. The molecule has 1 aliphatic rings. The molecule has 3 aromatic carbocycles. The van der Waals surface area contributed by atoms with E-state index < -0.39 is 6.36 Å². The first kappa shape index (κ1) is 29.5. The van der Waals surface area contributed by atoms with Crippen LogP contribution in [0.15, 0.2) is 72.9 Å². The lowest BCUT2D eigenvalue weighted by Crippen LogP contribution is -2.53. The number of piperazine rings is 1. The average Bonchev–Trinajstić information content (AvgIpc) is 3.29. The lowest BCUT2D eigenvalue weighted by atomic mass is 9.91. The molecule has 0 amide bonds.